The SMILES string of the molecule is CCNC(=NCC1CCCN(C(C)C)C1)N(C)Cc1ccc(C)cc1. The van der Waals surface area contributed by atoms with E-state index in [2.05, 4.69) is 74.1 Å². The number of nitrogens with zero attached hydrogens (tertiary/aromatic N) is 3. The van der Waals surface area contributed by atoms with Crippen molar-refractivity contribution in [3.63, 3.8) is 0 Å². The third-order valence-electron chi connectivity index (χ3n) is 5.02. The summed E-state index contributed by atoms with van der Waals surface area (Å²) in [6, 6.07) is 9.41. The minimum Gasteiger partial charge on any atom is -0.357 e. The molecule has 0 bridgehead atoms. The maximum atomic E-state index is 4.95. The van der Waals surface area contributed by atoms with Gasteiger partial charge in [0.15, 0.2) is 5.96 Å². The summed E-state index contributed by atoms with van der Waals surface area (Å²) in [4.78, 5) is 9.77. The Morgan fingerprint density at radius 3 is 2.68 bits per heavy atom. The molecule has 1 saturated heterocycles. The van der Waals surface area contributed by atoms with Gasteiger partial charge in [0, 0.05) is 39.3 Å². The van der Waals surface area contributed by atoms with Crippen molar-refractivity contribution in [2.45, 2.75) is 53.1 Å². The Bertz CT molecular complexity index is 535. The van der Waals surface area contributed by atoms with Crippen molar-refractivity contribution in [2.24, 2.45) is 10.9 Å². The summed E-state index contributed by atoms with van der Waals surface area (Å²) < 4.78 is 0. The van der Waals surface area contributed by atoms with E-state index in [1.54, 1.807) is 0 Å². The molecule has 1 aromatic carbocycles. The lowest BCUT2D eigenvalue weighted by Gasteiger charge is -2.35. The summed E-state index contributed by atoms with van der Waals surface area (Å²) in [6.07, 6.45) is 2.60. The highest BCUT2D eigenvalue weighted by atomic mass is 15.3. The molecule has 0 aliphatic carbocycles. The first-order valence-electron chi connectivity index (χ1n) is 9.78. The van der Waals surface area contributed by atoms with Gasteiger partial charge in [-0.25, -0.2) is 0 Å². The van der Waals surface area contributed by atoms with E-state index in [1.807, 2.05) is 0 Å². The molecule has 140 valence electrons. The van der Waals surface area contributed by atoms with Crippen LogP contribution in [0.3, 0.4) is 0 Å². The van der Waals surface area contributed by atoms with Gasteiger partial charge in [-0.2, -0.15) is 0 Å². The fourth-order valence-electron chi connectivity index (χ4n) is 3.44. The van der Waals surface area contributed by atoms with Crippen LogP contribution in [0.2, 0.25) is 0 Å². The van der Waals surface area contributed by atoms with Gasteiger partial charge in [0.05, 0.1) is 0 Å². The second kappa shape index (κ2) is 9.81. The average molecular weight is 345 g/mol. The summed E-state index contributed by atoms with van der Waals surface area (Å²) in [5.74, 6) is 1.70. The number of benzene rings is 1. The smallest absolute Gasteiger partial charge is 0.193 e. The van der Waals surface area contributed by atoms with Crippen molar-refractivity contribution in [2.75, 3.05) is 33.2 Å². The maximum absolute atomic E-state index is 4.95. The lowest BCUT2D eigenvalue weighted by atomic mass is 9.97. The number of nitrogens with one attached hydrogen (secondary N) is 1. The second-order valence-electron chi connectivity index (χ2n) is 7.63. The first-order chi connectivity index (χ1) is 12.0. The molecule has 0 aromatic heterocycles. The number of piperidine rings is 1. The lowest BCUT2D eigenvalue weighted by Crippen LogP contribution is -2.42. The van der Waals surface area contributed by atoms with Crippen molar-refractivity contribution in [1.82, 2.24) is 15.1 Å². The standard InChI is InChI=1S/C21H36N4/c1-6-22-21(24(5)15-19-11-9-18(4)10-12-19)23-14-20-8-7-13-25(16-20)17(2)3/h9-12,17,20H,6-8,13-16H2,1-5H3,(H,22,23). The van der Waals surface area contributed by atoms with Gasteiger partial charge in [0.2, 0.25) is 0 Å². The van der Waals surface area contributed by atoms with Crippen LogP contribution in [0.5, 0.6) is 0 Å². The minimum absolute atomic E-state index is 0.643. The number of guanidine groups is 1. The topological polar surface area (TPSA) is 30.9 Å². The minimum atomic E-state index is 0.643. The highest BCUT2D eigenvalue weighted by Crippen LogP contribution is 2.18. The number of aliphatic imine (C=N–C) groups is 1. The number of aryl methyl sites for hydroxylation is 1. The molecule has 0 spiro atoms. The van der Waals surface area contributed by atoms with E-state index >= 15 is 0 Å². The fraction of sp³-hybridized carbons (Fsp3) is 0.667. The van der Waals surface area contributed by atoms with Crippen molar-refractivity contribution in [3.05, 3.63) is 35.4 Å². The van der Waals surface area contributed by atoms with Crippen LogP contribution in [-0.2, 0) is 6.54 Å². The van der Waals surface area contributed by atoms with Gasteiger partial charge in [-0.1, -0.05) is 29.8 Å². The van der Waals surface area contributed by atoms with Gasteiger partial charge in [0.1, 0.15) is 0 Å². The molecule has 0 radical (unpaired) electrons. The highest BCUT2D eigenvalue weighted by Gasteiger charge is 2.21. The predicted octanol–water partition coefficient (Wildman–Crippen LogP) is 3.51. The molecule has 1 N–H and O–H groups in total. The number of rotatable bonds is 6. The summed E-state index contributed by atoms with van der Waals surface area (Å²) in [5, 5.41) is 3.45. The zero-order chi connectivity index (χ0) is 18.2. The van der Waals surface area contributed by atoms with Crippen LogP contribution in [0.1, 0.15) is 44.7 Å². The van der Waals surface area contributed by atoms with Crippen molar-refractivity contribution < 1.29 is 0 Å². The number of hydrogen-bond acceptors (Lipinski definition) is 2. The fourth-order valence-corrected chi connectivity index (χ4v) is 3.44. The van der Waals surface area contributed by atoms with Crippen LogP contribution in [-0.4, -0.2) is 55.0 Å². The van der Waals surface area contributed by atoms with E-state index in [0.29, 0.717) is 12.0 Å². The van der Waals surface area contributed by atoms with Crippen molar-refractivity contribution >= 4 is 5.96 Å². The van der Waals surface area contributed by atoms with Gasteiger partial charge >= 0.3 is 0 Å². The molecule has 1 aliphatic heterocycles. The average Bonchev–Trinajstić information content (AvgIpc) is 2.60. The molecule has 4 nitrogen and oxygen atoms in total. The molecule has 0 saturated carbocycles. The Balaban J connectivity index is 1.95. The van der Waals surface area contributed by atoms with Gasteiger partial charge in [-0.15, -0.1) is 0 Å². The molecule has 1 unspecified atom stereocenters. The van der Waals surface area contributed by atoms with Crippen LogP contribution in [0.15, 0.2) is 29.3 Å². The van der Waals surface area contributed by atoms with Gasteiger partial charge in [0.25, 0.3) is 0 Å². The van der Waals surface area contributed by atoms with E-state index < -0.39 is 0 Å². The molecule has 0 amide bonds. The van der Waals surface area contributed by atoms with Crippen LogP contribution in [0, 0.1) is 12.8 Å². The summed E-state index contributed by atoms with van der Waals surface area (Å²) in [6.45, 7) is 14.0. The molecule has 1 atom stereocenters. The normalized spacial score (nSPS) is 19.3. The van der Waals surface area contributed by atoms with Gasteiger partial charge < -0.3 is 15.1 Å². The Morgan fingerprint density at radius 2 is 2.04 bits per heavy atom. The largest absolute Gasteiger partial charge is 0.357 e. The number of likely N-dealkylation sites (tertiary alicyclic amines) is 1. The van der Waals surface area contributed by atoms with E-state index in [1.165, 1.54) is 37.1 Å². The summed E-state index contributed by atoms with van der Waals surface area (Å²) in [7, 11) is 2.13. The Labute approximate surface area is 154 Å². The number of hydrogen-bond donors (Lipinski definition) is 1. The van der Waals surface area contributed by atoms with Gasteiger partial charge in [-0.05, 0) is 58.6 Å². The zero-order valence-electron chi connectivity index (χ0n) is 16.8. The van der Waals surface area contributed by atoms with Gasteiger partial charge in [-0.3, -0.25) is 4.99 Å². The highest BCUT2D eigenvalue weighted by molar-refractivity contribution is 5.79. The second-order valence-corrected chi connectivity index (χ2v) is 7.63. The molecule has 1 aromatic rings. The van der Waals surface area contributed by atoms with Crippen LogP contribution in [0.4, 0.5) is 0 Å². The molecule has 1 aliphatic rings. The first-order valence-corrected chi connectivity index (χ1v) is 9.78. The molecule has 4 heteroatoms. The molecule has 1 heterocycles. The molecule has 1 fully saturated rings. The van der Waals surface area contributed by atoms with Crippen molar-refractivity contribution in [3.8, 4) is 0 Å². The van der Waals surface area contributed by atoms with E-state index in [9.17, 15) is 0 Å². The van der Waals surface area contributed by atoms with Crippen LogP contribution < -0.4 is 5.32 Å². The zero-order valence-corrected chi connectivity index (χ0v) is 16.8. The molecular formula is C21H36N4. The first kappa shape index (κ1) is 19.8. The van der Waals surface area contributed by atoms with E-state index in [4.69, 9.17) is 4.99 Å². The molecule has 25 heavy (non-hydrogen) atoms. The van der Waals surface area contributed by atoms with Crippen LogP contribution in [0.25, 0.3) is 0 Å². The maximum Gasteiger partial charge on any atom is 0.193 e. The lowest BCUT2D eigenvalue weighted by molar-refractivity contribution is 0.143. The Hall–Kier alpha value is -1.55. The third kappa shape index (κ3) is 6.35. The van der Waals surface area contributed by atoms with Crippen LogP contribution >= 0.6 is 0 Å². The molecular weight excluding hydrogens is 308 g/mol. The van der Waals surface area contributed by atoms with Crippen molar-refractivity contribution in [1.29, 1.82) is 0 Å². The Kier molecular flexibility index (Phi) is 7.76. The molecule has 2 rings (SSSR count). The predicted molar refractivity (Wildman–Crippen MR) is 108 cm³/mol. The summed E-state index contributed by atoms with van der Waals surface area (Å²) >= 11 is 0. The van der Waals surface area contributed by atoms with E-state index in [-0.39, 0.29) is 0 Å². The monoisotopic (exact) mass is 344 g/mol. The Morgan fingerprint density at radius 1 is 1.32 bits per heavy atom. The quantitative estimate of drug-likeness (QED) is 0.633. The summed E-state index contributed by atoms with van der Waals surface area (Å²) in [5.41, 5.74) is 2.63. The van der Waals surface area contributed by atoms with E-state index in [0.717, 1.165) is 25.6 Å². The third-order valence-corrected chi connectivity index (χ3v) is 5.02.